The highest BCUT2D eigenvalue weighted by atomic mass is 32.3. The van der Waals surface area contributed by atoms with Crippen LogP contribution in [0.1, 0.15) is 13.3 Å². The zero-order valence-corrected chi connectivity index (χ0v) is 12.9. The summed E-state index contributed by atoms with van der Waals surface area (Å²) in [5.74, 6) is 10.3. The van der Waals surface area contributed by atoms with Crippen molar-refractivity contribution in [2.24, 2.45) is 5.10 Å². The Balaban J connectivity index is 2.50. The molecule has 0 fully saturated rings. The van der Waals surface area contributed by atoms with Crippen LogP contribution in [-0.2, 0) is 19.6 Å². The molecule has 0 saturated carbocycles. The van der Waals surface area contributed by atoms with Gasteiger partial charge in [-0.05, 0) is 35.4 Å². The average molecular weight is 338 g/mol. The van der Waals surface area contributed by atoms with Crippen LogP contribution in [0.5, 0.6) is 0 Å². The van der Waals surface area contributed by atoms with Crippen LogP contribution in [0.3, 0.4) is 0 Å². The Morgan fingerprint density at radius 1 is 1.41 bits per heavy atom. The van der Waals surface area contributed by atoms with Crippen LogP contribution in [-0.4, -0.2) is 30.1 Å². The minimum absolute atomic E-state index is 0.0560. The summed E-state index contributed by atoms with van der Waals surface area (Å²) in [5, 5.41) is 6.08. The maximum atomic E-state index is 11.7. The third kappa shape index (κ3) is 5.80. The van der Waals surface area contributed by atoms with Gasteiger partial charge in [-0.2, -0.15) is 5.10 Å². The first-order valence-corrected chi connectivity index (χ1v) is 8.03. The fraction of sp³-hybridized carbons (Fsp3) is 0.250. The number of thioether (sulfide) groups is 1. The second kappa shape index (κ2) is 7.99. The smallest absolute Gasteiger partial charge is 0.267 e. The van der Waals surface area contributed by atoms with Crippen molar-refractivity contribution < 1.29 is 18.0 Å². The maximum Gasteiger partial charge on any atom is 0.267 e. The van der Waals surface area contributed by atoms with Gasteiger partial charge in [-0.25, -0.2) is 8.42 Å². The van der Waals surface area contributed by atoms with Gasteiger partial charge < -0.3 is 5.32 Å². The average Bonchev–Trinajstić information content (AvgIpc) is 2.86. The summed E-state index contributed by atoms with van der Waals surface area (Å²) in [7, 11) is -3.93. The standard InChI is InChI=1S/C12H10N4O4S2/c1-3-4-5-6-7-8-10(18)13-11-14-15-12(21-11)22(19,20)16-9(2)17/h1,12,15H,8H2,2H3,(H,16,17)(H,13,14,18). The van der Waals surface area contributed by atoms with E-state index in [1.807, 2.05) is 0 Å². The van der Waals surface area contributed by atoms with Crippen LogP contribution in [0.2, 0.25) is 0 Å². The number of amides is 2. The van der Waals surface area contributed by atoms with Crippen molar-refractivity contribution in [2.75, 3.05) is 0 Å². The van der Waals surface area contributed by atoms with Gasteiger partial charge in [-0.1, -0.05) is 5.92 Å². The van der Waals surface area contributed by atoms with E-state index in [2.05, 4.69) is 45.4 Å². The van der Waals surface area contributed by atoms with E-state index in [1.165, 1.54) is 0 Å². The normalized spacial score (nSPS) is 15.6. The number of sulfonamides is 1. The van der Waals surface area contributed by atoms with Gasteiger partial charge in [0.05, 0.1) is 6.42 Å². The Hall–Kier alpha value is -2.61. The summed E-state index contributed by atoms with van der Waals surface area (Å²) < 4.78 is 24.0. The number of rotatable bonds is 3. The van der Waals surface area contributed by atoms with Crippen molar-refractivity contribution in [1.82, 2.24) is 15.5 Å². The van der Waals surface area contributed by atoms with Crippen LogP contribution in [0.25, 0.3) is 0 Å². The lowest BCUT2D eigenvalue weighted by molar-refractivity contribution is -0.119. The molecule has 0 bridgehead atoms. The minimum Gasteiger partial charge on any atom is -0.303 e. The quantitative estimate of drug-likeness (QED) is 0.539. The Morgan fingerprint density at radius 2 is 2.14 bits per heavy atom. The number of terminal acetylenes is 1. The first kappa shape index (κ1) is 17.4. The third-order valence-corrected chi connectivity index (χ3v) is 4.86. The molecule has 1 unspecified atom stereocenters. The number of hydrogen-bond donors (Lipinski definition) is 3. The zero-order valence-electron chi connectivity index (χ0n) is 11.3. The first-order valence-electron chi connectivity index (χ1n) is 5.60. The van der Waals surface area contributed by atoms with E-state index in [1.54, 1.807) is 4.72 Å². The third-order valence-electron chi connectivity index (χ3n) is 1.84. The zero-order chi connectivity index (χ0) is 16.6. The predicted molar refractivity (Wildman–Crippen MR) is 81.8 cm³/mol. The van der Waals surface area contributed by atoms with Gasteiger partial charge in [0.2, 0.25) is 16.5 Å². The van der Waals surface area contributed by atoms with Crippen LogP contribution < -0.4 is 15.5 Å². The van der Waals surface area contributed by atoms with E-state index in [-0.39, 0.29) is 11.6 Å². The Kier molecular flexibility index (Phi) is 6.33. The molecule has 3 N–H and O–H groups in total. The van der Waals surface area contributed by atoms with Crippen LogP contribution in [0.4, 0.5) is 0 Å². The van der Waals surface area contributed by atoms with Gasteiger partial charge in [0, 0.05) is 6.92 Å². The number of amidine groups is 1. The highest BCUT2D eigenvalue weighted by molar-refractivity contribution is 8.22. The molecule has 0 aliphatic carbocycles. The van der Waals surface area contributed by atoms with Crippen molar-refractivity contribution in [3.63, 3.8) is 0 Å². The summed E-state index contributed by atoms with van der Waals surface area (Å²) in [4.78, 5) is 22.3. The summed E-state index contributed by atoms with van der Waals surface area (Å²) in [5.41, 5.74) is 2.29. The molecule has 0 saturated heterocycles. The number of nitrogens with zero attached hydrogens (tertiary/aromatic N) is 1. The van der Waals surface area contributed by atoms with E-state index in [0.717, 1.165) is 18.7 Å². The lowest BCUT2D eigenvalue weighted by Crippen LogP contribution is -2.40. The molecule has 0 aromatic rings. The molecular weight excluding hydrogens is 328 g/mol. The molecule has 0 aromatic heterocycles. The van der Waals surface area contributed by atoms with Crippen LogP contribution in [0.15, 0.2) is 5.10 Å². The topological polar surface area (TPSA) is 117 Å². The van der Waals surface area contributed by atoms with E-state index in [9.17, 15) is 18.0 Å². The largest absolute Gasteiger partial charge is 0.303 e. The second-order valence-electron chi connectivity index (χ2n) is 3.62. The Bertz CT molecular complexity index is 772. The van der Waals surface area contributed by atoms with E-state index in [0.29, 0.717) is 0 Å². The van der Waals surface area contributed by atoms with Crippen LogP contribution >= 0.6 is 11.8 Å². The lowest BCUT2D eigenvalue weighted by Gasteiger charge is -2.10. The summed E-state index contributed by atoms with van der Waals surface area (Å²) in [6, 6.07) is 0. The lowest BCUT2D eigenvalue weighted by atomic mass is 10.4. The molecule has 10 heteroatoms. The highest BCUT2D eigenvalue weighted by Crippen LogP contribution is 2.19. The Morgan fingerprint density at radius 3 is 2.77 bits per heavy atom. The van der Waals surface area contributed by atoms with Gasteiger partial charge in [0.15, 0.2) is 5.17 Å². The van der Waals surface area contributed by atoms with Crippen molar-refractivity contribution in [3.8, 4) is 36.0 Å². The molecule has 8 nitrogen and oxygen atoms in total. The molecular formula is C12H10N4O4S2. The first-order chi connectivity index (χ1) is 10.3. The molecule has 1 rings (SSSR count). The summed E-state index contributed by atoms with van der Waals surface area (Å²) in [6.45, 7) is 1.07. The number of nitrogens with one attached hydrogen (secondary N) is 3. The molecule has 2 amide bonds. The van der Waals surface area contributed by atoms with E-state index >= 15 is 0 Å². The molecule has 0 aromatic carbocycles. The van der Waals surface area contributed by atoms with Crippen LogP contribution in [0, 0.1) is 36.0 Å². The Labute approximate surface area is 131 Å². The minimum atomic E-state index is -3.93. The van der Waals surface area contributed by atoms with Gasteiger partial charge >= 0.3 is 0 Å². The van der Waals surface area contributed by atoms with E-state index in [4.69, 9.17) is 6.42 Å². The summed E-state index contributed by atoms with van der Waals surface area (Å²) in [6.07, 6.45) is 4.74. The van der Waals surface area contributed by atoms with Crippen molar-refractivity contribution in [2.45, 2.75) is 18.1 Å². The van der Waals surface area contributed by atoms with Crippen molar-refractivity contribution >= 4 is 38.8 Å². The SMILES string of the molecule is C#CC#CC#CCC(=O)NC1=NNC(S(=O)(=O)NC(C)=O)S1. The van der Waals surface area contributed by atoms with Crippen molar-refractivity contribution in [3.05, 3.63) is 0 Å². The molecule has 22 heavy (non-hydrogen) atoms. The summed E-state index contributed by atoms with van der Waals surface area (Å²) >= 11 is 0.737. The van der Waals surface area contributed by atoms with Crippen molar-refractivity contribution in [1.29, 1.82) is 0 Å². The van der Waals surface area contributed by atoms with Gasteiger partial charge in [-0.15, -0.1) is 6.42 Å². The molecule has 1 aliphatic rings. The second-order valence-corrected chi connectivity index (χ2v) is 6.78. The molecule has 0 spiro atoms. The van der Waals surface area contributed by atoms with Gasteiger partial charge in [-0.3, -0.25) is 19.7 Å². The molecule has 1 atom stereocenters. The number of carbonyl (C=O) groups is 2. The number of carbonyl (C=O) groups excluding carboxylic acids is 2. The van der Waals surface area contributed by atoms with Gasteiger partial charge in [0.25, 0.3) is 10.0 Å². The fourth-order valence-corrected chi connectivity index (χ4v) is 3.32. The predicted octanol–water partition coefficient (Wildman–Crippen LogP) is -1.51. The number of hydrazone groups is 1. The molecule has 0 radical (unpaired) electrons. The molecule has 1 heterocycles. The van der Waals surface area contributed by atoms with Gasteiger partial charge in [0.1, 0.15) is 0 Å². The highest BCUT2D eigenvalue weighted by Gasteiger charge is 2.33. The monoisotopic (exact) mass is 338 g/mol. The molecule has 114 valence electrons. The molecule has 1 aliphatic heterocycles. The maximum absolute atomic E-state index is 11.7. The fourth-order valence-electron chi connectivity index (χ4n) is 1.11. The number of hydrogen-bond acceptors (Lipinski definition) is 7. The van der Waals surface area contributed by atoms with E-state index < -0.39 is 26.5 Å².